The third-order valence-electron chi connectivity index (χ3n) is 2.31. The Balaban J connectivity index is 2.26. The Morgan fingerprint density at radius 2 is 2.23 bits per heavy atom. The van der Waals surface area contributed by atoms with Gasteiger partial charge in [0.15, 0.2) is 0 Å². The van der Waals surface area contributed by atoms with Crippen LogP contribution in [0, 0.1) is 6.54 Å². The predicted octanol–water partition coefficient (Wildman–Crippen LogP) is 2.49. The molecule has 0 atom stereocenters. The first kappa shape index (κ1) is 8.42. The molecule has 2 nitrogen and oxygen atoms in total. The van der Waals surface area contributed by atoms with Gasteiger partial charge in [-0.3, -0.25) is 0 Å². The van der Waals surface area contributed by atoms with Crippen molar-refractivity contribution in [2.24, 2.45) is 0 Å². The number of rotatable bonds is 2. The summed E-state index contributed by atoms with van der Waals surface area (Å²) in [5.74, 6) is 0. The van der Waals surface area contributed by atoms with Crippen molar-refractivity contribution in [3.63, 3.8) is 0 Å². The molecule has 69 valence electrons. The molecule has 0 aliphatic carbocycles. The van der Waals surface area contributed by atoms with Crippen LogP contribution in [0.2, 0.25) is 0 Å². The fourth-order valence-corrected chi connectivity index (χ4v) is 1.72. The van der Waals surface area contributed by atoms with Crippen LogP contribution in [-0.4, -0.2) is 13.1 Å². The van der Waals surface area contributed by atoms with Gasteiger partial charge >= 0.3 is 0 Å². The highest BCUT2D eigenvalue weighted by molar-refractivity contribution is 5.72. The molecular weight excluding hydrogens is 160 g/mol. The number of hydrogen-bond donors (Lipinski definition) is 1. The van der Waals surface area contributed by atoms with Crippen LogP contribution in [0.3, 0.4) is 0 Å². The first-order valence-corrected chi connectivity index (χ1v) is 4.84. The first-order chi connectivity index (χ1) is 6.42. The maximum Gasteiger partial charge on any atom is 0.0655 e. The zero-order chi connectivity index (χ0) is 9.10. The minimum Gasteiger partial charge on any atom is -0.377 e. The van der Waals surface area contributed by atoms with Gasteiger partial charge in [0, 0.05) is 13.1 Å². The van der Waals surface area contributed by atoms with Crippen LogP contribution in [0.25, 0.3) is 0 Å². The highest BCUT2D eigenvalue weighted by Crippen LogP contribution is 2.29. The van der Waals surface area contributed by atoms with Gasteiger partial charge in [0.2, 0.25) is 0 Å². The monoisotopic (exact) mass is 175 g/mol. The van der Waals surface area contributed by atoms with Gasteiger partial charge in [-0.25, -0.2) is 0 Å². The largest absolute Gasteiger partial charge is 0.377 e. The number of benzene rings is 1. The van der Waals surface area contributed by atoms with Crippen LogP contribution >= 0.6 is 0 Å². The second kappa shape index (κ2) is 3.69. The molecule has 0 amide bonds. The summed E-state index contributed by atoms with van der Waals surface area (Å²) < 4.78 is 0. The fraction of sp³-hybridized carbons (Fsp3) is 0.364. The molecule has 1 heterocycles. The van der Waals surface area contributed by atoms with Crippen molar-refractivity contribution in [2.75, 3.05) is 23.3 Å². The Labute approximate surface area is 79.6 Å². The number of nitrogens with zero attached hydrogens (tertiary/aromatic N) is 1. The summed E-state index contributed by atoms with van der Waals surface area (Å²) in [5, 5.41) is 3.28. The summed E-state index contributed by atoms with van der Waals surface area (Å²) in [6, 6.07) is 8.45. The van der Waals surface area contributed by atoms with Gasteiger partial charge in [0.05, 0.1) is 17.9 Å². The molecule has 2 rings (SSSR count). The molecule has 1 aromatic carbocycles. The average molecular weight is 175 g/mol. The lowest BCUT2D eigenvalue weighted by Crippen LogP contribution is -2.31. The maximum absolute atomic E-state index is 3.28. The van der Waals surface area contributed by atoms with Crippen LogP contribution in [-0.2, 0) is 0 Å². The number of hydrogen-bond acceptors (Lipinski definition) is 2. The average Bonchev–Trinajstić information content (AvgIpc) is 2.19. The van der Waals surface area contributed by atoms with Gasteiger partial charge in [-0.05, 0) is 18.6 Å². The van der Waals surface area contributed by atoms with E-state index in [4.69, 9.17) is 0 Å². The highest BCUT2D eigenvalue weighted by atomic mass is 15.2. The molecule has 0 fully saturated rings. The number of para-hydroxylation sites is 2. The second-order valence-corrected chi connectivity index (χ2v) is 3.31. The van der Waals surface area contributed by atoms with Crippen LogP contribution in [0.5, 0.6) is 0 Å². The van der Waals surface area contributed by atoms with Crippen molar-refractivity contribution in [2.45, 2.75) is 13.3 Å². The maximum atomic E-state index is 3.28. The van der Waals surface area contributed by atoms with E-state index in [1.807, 2.05) is 0 Å². The smallest absolute Gasteiger partial charge is 0.0655 e. The molecule has 0 saturated carbocycles. The molecule has 0 unspecified atom stereocenters. The van der Waals surface area contributed by atoms with Crippen LogP contribution in [0.4, 0.5) is 11.4 Å². The molecule has 1 aromatic rings. The molecule has 1 N–H and O–H groups in total. The van der Waals surface area contributed by atoms with Crippen molar-refractivity contribution in [1.29, 1.82) is 0 Å². The Bertz CT molecular complexity index is 283. The molecule has 0 saturated heterocycles. The van der Waals surface area contributed by atoms with Crippen LogP contribution < -0.4 is 10.2 Å². The minimum absolute atomic E-state index is 1.00. The summed E-state index contributed by atoms with van der Waals surface area (Å²) in [7, 11) is 0. The van der Waals surface area contributed by atoms with Gasteiger partial charge in [0.25, 0.3) is 0 Å². The fourth-order valence-electron chi connectivity index (χ4n) is 1.72. The van der Waals surface area contributed by atoms with Crippen molar-refractivity contribution in [3.05, 3.63) is 30.8 Å². The lowest BCUT2D eigenvalue weighted by molar-refractivity contribution is 0.790. The van der Waals surface area contributed by atoms with E-state index in [-0.39, 0.29) is 0 Å². The summed E-state index contributed by atoms with van der Waals surface area (Å²) in [6.07, 6.45) is 1.20. The lowest BCUT2D eigenvalue weighted by Gasteiger charge is -2.31. The van der Waals surface area contributed by atoms with Gasteiger partial charge in [-0.2, -0.15) is 0 Å². The molecule has 0 bridgehead atoms. The molecule has 0 aromatic heterocycles. The van der Waals surface area contributed by atoms with Crippen molar-refractivity contribution < 1.29 is 0 Å². The van der Waals surface area contributed by atoms with E-state index < -0.39 is 0 Å². The van der Waals surface area contributed by atoms with E-state index in [0.717, 1.165) is 13.1 Å². The summed E-state index contributed by atoms with van der Waals surface area (Å²) in [6.45, 7) is 6.46. The highest BCUT2D eigenvalue weighted by Gasteiger charge is 2.14. The van der Waals surface area contributed by atoms with Crippen molar-refractivity contribution in [1.82, 2.24) is 0 Å². The molecule has 1 aliphatic heterocycles. The SMILES string of the molecule is CCCN1C[CH]Nc2ccccc21. The Morgan fingerprint density at radius 1 is 1.38 bits per heavy atom. The Hall–Kier alpha value is -1.18. The first-order valence-electron chi connectivity index (χ1n) is 4.84. The van der Waals surface area contributed by atoms with Gasteiger partial charge < -0.3 is 10.2 Å². The van der Waals surface area contributed by atoms with Crippen LogP contribution in [0.15, 0.2) is 24.3 Å². The van der Waals surface area contributed by atoms with E-state index in [1.165, 1.54) is 17.8 Å². The number of fused-ring (bicyclic) bond motifs is 1. The summed E-state index contributed by atoms with van der Waals surface area (Å²) in [4.78, 5) is 2.39. The Kier molecular flexibility index (Phi) is 2.39. The predicted molar refractivity (Wildman–Crippen MR) is 56.9 cm³/mol. The van der Waals surface area contributed by atoms with E-state index in [2.05, 4.69) is 48.0 Å². The second-order valence-electron chi connectivity index (χ2n) is 3.31. The molecule has 0 spiro atoms. The van der Waals surface area contributed by atoms with E-state index >= 15 is 0 Å². The van der Waals surface area contributed by atoms with Gasteiger partial charge in [-0.15, -0.1) is 0 Å². The number of anilines is 2. The lowest BCUT2D eigenvalue weighted by atomic mass is 10.2. The van der Waals surface area contributed by atoms with Gasteiger partial charge in [0.1, 0.15) is 0 Å². The Morgan fingerprint density at radius 3 is 3.08 bits per heavy atom. The molecule has 1 aliphatic rings. The third kappa shape index (κ3) is 1.62. The van der Waals surface area contributed by atoms with Gasteiger partial charge in [-0.1, -0.05) is 19.1 Å². The molecule has 2 heteroatoms. The van der Waals surface area contributed by atoms with E-state index in [9.17, 15) is 0 Å². The standard InChI is InChI=1S/C11H15N2/c1-2-8-13-9-7-12-10-5-3-4-6-11(10)13/h3-7,12H,2,8-9H2,1H3. The third-order valence-corrected chi connectivity index (χ3v) is 2.31. The van der Waals surface area contributed by atoms with Crippen molar-refractivity contribution in [3.8, 4) is 0 Å². The summed E-state index contributed by atoms with van der Waals surface area (Å²) >= 11 is 0. The van der Waals surface area contributed by atoms with E-state index in [1.54, 1.807) is 0 Å². The molecule has 1 radical (unpaired) electrons. The van der Waals surface area contributed by atoms with Crippen LogP contribution in [0.1, 0.15) is 13.3 Å². The zero-order valence-electron chi connectivity index (χ0n) is 7.96. The number of nitrogens with one attached hydrogen (secondary N) is 1. The minimum atomic E-state index is 1.00. The quantitative estimate of drug-likeness (QED) is 0.743. The molecular formula is C11H15N2. The normalized spacial score (nSPS) is 15.0. The van der Waals surface area contributed by atoms with E-state index in [0.29, 0.717) is 0 Å². The molecule has 13 heavy (non-hydrogen) atoms. The van der Waals surface area contributed by atoms with Crippen molar-refractivity contribution >= 4 is 11.4 Å². The summed E-state index contributed by atoms with van der Waals surface area (Å²) in [5.41, 5.74) is 2.55. The topological polar surface area (TPSA) is 15.3 Å². The zero-order valence-corrected chi connectivity index (χ0v) is 7.96.